The molecule has 1 fully saturated rings. The number of H-pyrrole nitrogens is 1. The van der Waals surface area contributed by atoms with Gasteiger partial charge in [0.05, 0.1) is 0 Å². The molecule has 0 saturated carbocycles. The van der Waals surface area contributed by atoms with Crippen molar-refractivity contribution in [2.45, 2.75) is 25.7 Å². The van der Waals surface area contributed by atoms with Crippen LogP contribution in [0.15, 0.2) is 30.6 Å². The maximum atomic E-state index is 12.4. The minimum Gasteiger partial charge on any atom is -0.346 e. The topological polar surface area (TPSA) is 61.9 Å². The molecule has 2 aromatic heterocycles. The first-order chi connectivity index (χ1) is 9.74. The summed E-state index contributed by atoms with van der Waals surface area (Å²) in [5.74, 6) is 1.30. The molecular formula is C15H18N4O. The number of rotatable bonds is 2. The third-order valence-electron chi connectivity index (χ3n) is 3.70. The average molecular weight is 270 g/mol. The van der Waals surface area contributed by atoms with Crippen LogP contribution in [-0.2, 0) is 0 Å². The van der Waals surface area contributed by atoms with E-state index in [0.717, 1.165) is 30.9 Å². The van der Waals surface area contributed by atoms with Crippen LogP contribution >= 0.6 is 0 Å². The number of piperidine rings is 1. The number of nitrogens with one attached hydrogen (secondary N) is 1. The quantitative estimate of drug-likeness (QED) is 0.909. The third kappa shape index (κ3) is 2.57. The first kappa shape index (κ1) is 12.8. The van der Waals surface area contributed by atoms with Crippen molar-refractivity contribution in [3.63, 3.8) is 0 Å². The van der Waals surface area contributed by atoms with Crippen LogP contribution in [0.5, 0.6) is 0 Å². The predicted molar refractivity (Wildman–Crippen MR) is 75.4 cm³/mol. The minimum atomic E-state index is 0.0126. The van der Waals surface area contributed by atoms with E-state index in [1.165, 1.54) is 0 Å². The molecule has 0 aromatic carbocycles. The number of aromatic amines is 1. The third-order valence-corrected chi connectivity index (χ3v) is 3.70. The second kappa shape index (κ2) is 5.45. The molecule has 2 aromatic rings. The lowest BCUT2D eigenvalue weighted by atomic mass is 9.97. The van der Waals surface area contributed by atoms with E-state index in [4.69, 9.17) is 0 Å². The van der Waals surface area contributed by atoms with Crippen molar-refractivity contribution in [2.24, 2.45) is 0 Å². The van der Waals surface area contributed by atoms with Gasteiger partial charge in [0.25, 0.3) is 5.91 Å². The Hall–Kier alpha value is -2.17. The molecule has 5 heteroatoms. The summed E-state index contributed by atoms with van der Waals surface area (Å²) in [7, 11) is 0. The minimum absolute atomic E-state index is 0.0126. The maximum Gasteiger partial charge on any atom is 0.272 e. The van der Waals surface area contributed by atoms with Crippen molar-refractivity contribution in [3.8, 4) is 0 Å². The first-order valence-corrected chi connectivity index (χ1v) is 6.96. The number of hydrogen-bond donors (Lipinski definition) is 1. The van der Waals surface area contributed by atoms with Crippen LogP contribution in [-0.4, -0.2) is 38.8 Å². The highest BCUT2D eigenvalue weighted by atomic mass is 16.2. The predicted octanol–water partition coefficient (Wildman–Crippen LogP) is 2.13. The Morgan fingerprint density at radius 2 is 2.30 bits per heavy atom. The van der Waals surface area contributed by atoms with Crippen molar-refractivity contribution >= 4 is 5.91 Å². The molecule has 1 saturated heterocycles. The summed E-state index contributed by atoms with van der Waals surface area (Å²) in [5, 5.41) is 0. The Bertz CT molecular complexity index is 593. The van der Waals surface area contributed by atoms with Crippen LogP contribution in [0.1, 0.15) is 40.8 Å². The van der Waals surface area contributed by atoms with Gasteiger partial charge in [-0.15, -0.1) is 0 Å². The summed E-state index contributed by atoms with van der Waals surface area (Å²) in [5.41, 5.74) is 1.58. The molecular weight excluding hydrogens is 252 g/mol. The molecule has 5 nitrogen and oxygen atoms in total. The molecule has 1 N–H and O–H groups in total. The molecule has 3 heterocycles. The van der Waals surface area contributed by atoms with Crippen molar-refractivity contribution in [1.82, 2.24) is 19.9 Å². The van der Waals surface area contributed by atoms with Crippen LogP contribution in [0.25, 0.3) is 0 Å². The van der Waals surface area contributed by atoms with Crippen LogP contribution in [0, 0.1) is 6.92 Å². The van der Waals surface area contributed by atoms with Crippen LogP contribution in [0.2, 0.25) is 0 Å². The zero-order chi connectivity index (χ0) is 13.9. The number of imidazole rings is 1. The number of carbonyl (C=O) groups is 1. The number of nitrogens with zero attached hydrogens (tertiary/aromatic N) is 3. The van der Waals surface area contributed by atoms with Crippen molar-refractivity contribution < 1.29 is 4.79 Å². The lowest BCUT2D eigenvalue weighted by Crippen LogP contribution is -2.39. The Balaban J connectivity index is 1.74. The van der Waals surface area contributed by atoms with E-state index in [1.54, 1.807) is 12.3 Å². The highest BCUT2D eigenvalue weighted by Crippen LogP contribution is 2.25. The molecule has 0 spiro atoms. The summed E-state index contributed by atoms with van der Waals surface area (Å²) in [6, 6.07) is 5.43. The molecule has 1 aliphatic heterocycles. The SMILES string of the molecule is Cc1cnc([C@@H]2CCCN(C(=O)c3ccccn3)C2)[nH]1. The monoisotopic (exact) mass is 270 g/mol. The number of carbonyl (C=O) groups excluding carboxylic acids is 1. The molecule has 20 heavy (non-hydrogen) atoms. The van der Waals surface area contributed by atoms with E-state index >= 15 is 0 Å². The fraction of sp³-hybridized carbons (Fsp3) is 0.400. The Kier molecular flexibility index (Phi) is 3.50. The van der Waals surface area contributed by atoms with Crippen molar-refractivity contribution in [1.29, 1.82) is 0 Å². The highest BCUT2D eigenvalue weighted by Gasteiger charge is 2.27. The molecule has 0 unspecified atom stereocenters. The lowest BCUT2D eigenvalue weighted by molar-refractivity contribution is 0.0699. The normalized spacial score (nSPS) is 19.1. The number of hydrogen-bond acceptors (Lipinski definition) is 3. The zero-order valence-corrected chi connectivity index (χ0v) is 11.5. The number of likely N-dealkylation sites (tertiary alicyclic amines) is 1. The average Bonchev–Trinajstić information content (AvgIpc) is 2.94. The van der Waals surface area contributed by atoms with Gasteiger partial charge >= 0.3 is 0 Å². The van der Waals surface area contributed by atoms with E-state index in [1.807, 2.05) is 30.2 Å². The van der Waals surface area contributed by atoms with Crippen LogP contribution < -0.4 is 0 Å². The van der Waals surface area contributed by atoms with E-state index < -0.39 is 0 Å². The molecule has 0 bridgehead atoms. The summed E-state index contributed by atoms with van der Waals surface area (Å²) in [6.07, 6.45) is 5.57. The smallest absolute Gasteiger partial charge is 0.272 e. The van der Waals surface area contributed by atoms with Gasteiger partial charge in [-0.05, 0) is 31.9 Å². The lowest BCUT2D eigenvalue weighted by Gasteiger charge is -2.31. The number of aromatic nitrogens is 3. The van der Waals surface area contributed by atoms with Crippen molar-refractivity contribution in [2.75, 3.05) is 13.1 Å². The van der Waals surface area contributed by atoms with Gasteiger partial charge in [-0.1, -0.05) is 6.07 Å². The number of aryl methyl sites for hydroxylation is 1. The summed E-state index contributed by atoms with van der Waals surface area (Å²) in [4.78, 5) is 26.1. The molecule has 104 valence electrons. The Morgan fingerprint density at radius 1 is 1.40 bits per heavy atom. The van der Waals surface area contributed by atoms with Crippen LogP contribution in [0.4, 0.5) is 0 Å². The van der Waals surface area contributed by atoms with Gasteiger partial charge in [0, 0.05) is 37.1 Å². The van der Waals surface area contributed by atoms with Crippen LogP contribution in [0.3, 0.4) is 0 Å². The molecule has 0 aliphatic carbocycles. The fourth-order valence-corrected chi connectivity index (χ4v) is 2.68. The van der Waals surface area contributed by atoms with Gasteiger partial charge in [-0.2, -0.15) is 0 Å². The molecule has 3 rings (SSSR count). The van der Waals surface area contributed by atoms with E-state index in [-0.39, 0.29) is 5.91 Å². The van der Waals surface area contributed by atoms with Gasteiger partial charge in [0.1, 0.15) is 11.5 Å². The Labute approximate surface area is 118 Å². The molecule has 1 atom stereocenters. The zero-order valence-electron chi connectivity index (χ0n) is 11.5. The molecule has 1 amide bonds. The van der Waals surface area contributed by atoms with E-state index in [9.17, 15) is 4.79 Å². The summed E-state index contributed by atoms with van der Waals surface area (Å²) >= 11 is 0. The van der Waals surface area contributed by atoms with Crippen molar-refractivity contribution in [3.05, 3.63) is 47.8 Å². The molecule has 1 aliphatic rings. The van der Waals surface area contributed by atoms with E-state index in [0.29, 0.717) is 18.2 Å². The van der Waals surface area contributed by atoms with Gasteiger partial charge in [-0.25, -0.2) is 4.98 Å². The first-order valence-electron chi connectivity index (χ1n) is 6.96. The second-order valence-electron chi connectivity index (χ2n) is 5.26. The Morgan fingerprint density at radius 3 is 3.00 bits per heavy atom. The number of pyridine rings is 1. The maximum absolute atomic E-state index is 12.4. The number of amides is 1. The van der Waals surface area contributed by atoms with Gasteiger partial charge in [0.2, 0.25) is 0 Å². The molecule has 0 radical (unpaired) electrons. The van der Waals surface area contributed by atoms with Gasteiger partial charge < -0.3 is 9.88 Å². The second-order valence-corrected chi connectivity index (χ2v) is 5.26. The van der Waals surface area contributed by atoms with Gasteiger partial charge in [-0.3, -0.25) is 9.78 Å². The highest BCUT2D eigenvalue weighted by molar-refractivity contribution is 5.92. The standard InChI is InChI=1S/C15H18N4O/c1-11-9-17-14(18-11)12-5-4-8-19(10-12)15(20)13-6-2-3-7-16-13/h2-3,6-7,9,12H,4-5,8,10H2,1H3,(H,17,18)/t12-/m1/s1. The fourth-order valence-electron chi connectivity index (χ4n) is 2.68. The van der Waals surface area contributed by atoms with Gasteiger partial charge in [0.15, 0.2) is 0 Å². The summed E-state index contributed by atoms with van der Waals surface area (Å²) < 4.78 is 0. The van der Waals surface area contributed by atoms with E-state index in [2.05, 4.69) is 15.0 Å². The summed E-state index contributed by atoms with van der Waals surface area (Å²) in [6.45, 7) is 3.50. The largest absolute Gasteiger partial charge is 0.346 e.